The lowest BCUT2D eigenvalue weighted by Gasteiger charge is -2.29. The van der Waals surface area contributed by atoms with Crippen molar-refractivity contribution >= 4 is 41.1 Å². The number of carboxylic acid groups (broad SMARTS) is 2. The quantitative estimate of drug-likeness (QED) is 0.360. The average molecular weight is 356 g/mol. The lowest BCUT2D eigenvalue weighted by molar-refractivity contribution is -0.140. The van der Waals surface area contributed by atoms with Crippen LogP contribution in [0.15, 0.2) is 29.3 Å². The van der Waals surface area contributed by atoms with E-state index in [1.807, 2.05) is 0 Å². The summed E-state index contributed by atoms with van der Waals surface area (Å²) in [6.45, 7) is 0. The largest absolute Gasteiger partial charge is 0.481 e. The Morgan fingerprint density at radius 2 is 1.83 bits per heavy atom. The molecule has 0 amide bonds. The molecule has 1 aromatic rings. The van der Waals surface area contributed by atoms with E-state index in [0.29, 0.717) is 10.7 Å². The zero-order valence-corrected chi connectivity index (χ0v) is 13.4. The third-order valence-corrected chi connectivity index (χ3v) is 3.28. The molecule has 130 valence electrons. The number of aliphatic carboxylic acids is 2. The number of rotatable bonds is 7. The van der Waals surface area contributed by atoms with Gasteiger partial charge in [0.2, 0.25) is 5.96 Å². The molecular weight excluding hydrogens is 338 g/mol. The first-order valence-corrected chi connectivity index (χ1v) is 7.27. The SMILES string of the molecule is N=C(N=C(N)N)N(c1ccc(Cl)cc1)C(CCCC(=O)O)C(=O)O. The number of nitrogens with one attached hydrogen (secondary N) is 1. The van der Waals surface area contributed by atoms with Gasteiger partial charge in [0, 0.05) is 17.1 Å². The maximum absolute atomic E-state index is 11.6. The number of halogens is 1. The number of guanidine groups is 2. The summed E-state index contributed by atoms with van der Waals surface area (Å²) < 4.78 is 0. The van der Waals surface area contributed by atoms with E-state index in [4.69, 9.17) is 33.6 Å². The van der Waals surface area contributed by atoms with E-state index in [0.717, 1.165) is 4.90 Å². The third-order valence-electron chi connectivity index (χ3n) is 3.03. The molecule has 7 N–H and O–H groups in total. The number of aliphatic imine (C=N–C) groups is 1. The molecule has 1 aromatic carbocycles. The van der Waals surface area contributed by atoms with Crippen molar-refractivity contribution < 1.29 is 19.8 Å². The molecule has 0 bridgehead atoms. The van der Waals surface area contributed by atoms with Gasteiger partial charge in [0.25, 0.3) is 0 Å². The van der Waals surface area contributed by atoms with Crippen LogP contribution in [0, 0.1) is 5.41 Å². The Kier molecular flexibility index (Phi) is 6.99. The molecule has 0 fully saturated rings. The molecule has 0 aliphatic rings. The van der Waals surface area contributed by atoms with Crippen LogP contribution in [0.25, 0.3) is 0 Å². The van der Waals surface area contributed by atoms with Crippen LogP contribution < -0.4 is 16.4 Å². The third kappa shape index (κ3) is 5.76. The first-order chi connectivity index (χ1) is 11.2. The van der Waals surface area contributed by atoms with Crippen molar-refractivity contribution in [1.82, 2.24) is 0 Å². The van der Waals surface area contributed by atoms with Gasteiger partial charge in [-0.3, -0.25) is 15.1 Å². The molecule has 0 radical (unpaired) electrons. The Bertz CT molecular complexity index is 643. The second-order valence-electron chi connectivity index (χ2n) is 4.85. The number of carboxylic acids is 2. The molecule has 0 aliphatic carbocycles. The fraction of sp³-hybridized carbons (Fsp3) is 0.286. The first kappa shape index (κ1) is 19.2. The summed E-state index contributed by atoms with van der Waals surface area (Å²) in [6.07, 6.45) is -0.0774. The van der Waals surface area contributed by atoms with Crippen molar-refractivity contribution in [2.24, 2.45) is 16.5 Å². The molecule has 1 unspecified atom stereocenters. The van der Waals surface area contributed by atoms with Crippen LogP contribution in [0.2, 0.25) is 5.02 Å². The van der Waals surface area contributed by atoms with Gasteiger partial charge in [0.1, 0.15) is 6.04 Å². The van der Waals surface area contributed by atoms with Crippen molar-refractivity contribution in [3.05, 3.63) is 29.3 Å². The Labute approximate surface area is 143 Å². The Morgan fingerprint density at radius 3 is 2.29 bits per heavy atom. The van der Waals surface area contributed by atoms with Crippen LogP contribution in [-0.2, 0) is 9.59 Å². The molecule has 24 heavy (non-hydrogen) atoms. The highest BCUT2D eigenvalue weighted by Gasteiger charge is 2.29. The van der Waals surface area contributed by atoms with Gasteiger partial charge < -0.3 is 21.7 Å². The molecule has 0 spiro atoms. The highest BCUT2D eigenvalue weighted by molar-refractivity contribution is 6.30. The second kappa shape index (κ2) is 8.73. The molecule has 10 heteroatoms. The molecule has 0 aromatic heterocycles. The minimum Gasteiger partial charge on any atom is -0.481 e. The highest BCUT2D eigenvalue weighted by atomic mass is 35.5. The fourth-order valence-corrected chi connectivity index (χ4v) is 2.16. The van der Waals surface area contributed by atoms with Crippen molar-refractivity contribution in [2.45, 2.75) is 25.3 Å². The van der Waals surface area contributed by atoms with Crippen LogP contribution in [0.1, 0.15) is 19.3 Å². The van der Waals surface area contributed by atoms with E-state index in [9.17, 15) is 14.7 Å². The van der Waals surface area contributed by atoms with Crippen LogP contribution in [0.3, 0.4) is 0 Å². The van der Waals surface area contributed by atoms with Crippen LogP contribution >= 0.6 is 11.6 Å². The van der Waals surface area contributed by atoms with E-state index in [2.05, 4.69) is 4.99 Å². The summed E-state index contributed by atoms with van der Waals surface area (Å²) in [5, 5.41) is 26.6. The Hall–Kier alpha value is -2.81. The van der Waals surface area contributed by atoms with Gasteiger partial charge in [-0.2, -0.15) is 4.99 Å². The minimum atomic E-state index is -1.23. The van der Waals surface area contributed by atoms with E-state index >= 15 is 0 Å². The van der Waals surface area contributed by atoms with E-state index in [-0.39, 0.29) is 19.3 Å². The Morgan fingerprint density at radius 1 is 1.25 bits per heavy atom. The van der Waals surface area contributed by atoms with Crippen LogP contribution in [0.5, 0.6) is 0 Å². The number of nitrogens with zero attached hydrogens (tertiary/aromatic N) is 2. The van der Waals surface area contributed by atoms with Gasteiger partial charge in [-0.05, 0) is 37.1 Å². The number of benzene rings is 1. The number of carbonyl (C=O) groups is 2. The summed E-state index contributed by atoms with van der Waals surface area (Å²) in [4.78, 5) is 27.0. The average Bonchev–Trinajstić information content (AvgIpc) is 2.46. The lowest BCUT2D eigenvalue weighted by atomic mass is 10.1. The van der Waals surface area contributed by atoms with E-state index < -0.39 is 29.9 Å². The molecule has 0 saturated heterocycles. The zero-order valence-electron chi connectivity index (χ0n) is 12.6. The normalized spacial score (nSPS) is 11.4. The smallest absolute Gasteiger partial charge is 0.326 e. The van der Waals surface area contributed by atoms with Gasteiger partial charge in [-0.25, -0.2) is 4.79 Å². The van der Waals surface area contributed by atoms with Crippen LogP contribution in [0.4, 0.5) is 5.69 Å². The molecule has 0 saturated carbocycles. The topological polar surface area (TPSA) is 166 Å². The molecule has 0 heterocycles. The maximum Gasteiger partial charge on any atom is 0.326 e. The molecule has 0 aliphatic heterocycles. The standard InChI is InChI=1S/C14H18ClN5O4/c15-8-4-6-9(7-5-8)20(14(18)19-13(16)17)10(12(23)24)2-1-3-11(21)22/h4-7,10H,1-3H2,(H,21,22)(H,23,24)(H5,16,17,18,19). The summed E-state index contributed by atoms with van der Waals surface area (Å²) in [5.74, 6) is -3.13. The summed E-state index contributed by atoms with van der Waals surface area (Å²) >= 11 is 5.82. The van der Waals surface area contributed by atoms with Crippen LogP contribution in [-0.4, -0.2) is 40.1 Å². The highest BCUT2D eigenvalue weighted by Crippen LogP contribution is 2.23. The van der Waals surface area contributed by atoms with Gasteiger partial charge in [-0.15, -0.1) is 0 Å². The fourth-order valence-electron chi connectivity index (χ4n) is 2.04. The van der Waals surface area contributed by atoms with Crippen molar-refractivity contribution in [1.29, 1.82) is 5.41 Å². The molecule has 1 atom stereocenters. The lowest BCUT2D eigenvalue weighted by Crippen LogP contribution is -2.45. The Balaban J connectivity index is 3.18. The predicted octanol–water partition coefficient (Wildman–Crippen LogP) is 1.06. The first-order valence-electron chi connectivity index (χ1n) is 6.90. The number of hydrogen-bond donors (Lipinski definition) is 5. The molecule has 1 rings (SSSR count). The van der Waals surface area contributed by atoms with Gasteiger partial charge in [-0.1, -0.05) is 11.6 Å². The van der Waals surface area contributed by atoms with Gasteiger partial charge in [0.15, 0.2) is 5.96 Å². The molecular formula is C14H18ClN5O4. The summed E-state index contributed by atoms with van der Waals surface area (Å²) in [6, 6.07) is 4.89. The molecule has 9 nitrogen and oxygen atoms in total. The van der Waals surface area contributed by atoms with Crippen molar-refractivity contribution in [2.75, 3.05) is 4.90 Å². The summed E-state index contributed by atoms with van der Waals surface area (Å²) in [5.41, 5.74) is 10.9. The van der Waals surface area contributed by atoms with Crippen molar-refractivity contribution in [3.63, 3.8) is 0 Å². The maximum atomic E-state index is 11.6. The van der Waals surface area contributed by atoms with Gasteiger partial charge >= 0.3 is 11.9 Å². The van der Waals surface area contributed by atoms with E-state index in [1.165, 1.54) is 24.3 Å². The van der Waals surface area contributed by atoms with Gasteiger partial charge in [0.05, 0.1) is 0 Å². The number of hydrogen-bond acceptors (Lipinski definition) is 3. The minimum absolute atomic E-state index is 0.00731. The predicted molar refractivity (Wildman–Crippen MR) is 90.4 cm³/mol. The van der Waals surface area contributed by atoms with E-state index in [1.54, 1.807) is 0 Å². The monoisotopic (exact) mass is 355 g/mol. The number of nitrogens with two attached hydrogens (primary N) is 2. The van der Waals surface area contributed by atoms with Crippen molar-refractivity contribution in [3.8, 4) is 0 Å². The number of anilines is 1. The second-order valence-corrected chi connectivity index (χ2v) is 5.28. The zero-order chi connectivity index (χ0) is 18.3. The summed E-state index contributed by atoms with van der Waals surface area (Å²) in [7, 11) is 0.